The standard InChI is InChI=1S/C15H25N/c1-3-5-6-7-8-11-15-12-9-10-14-16(15)13-4-2/h4,15H,2-3,5-7,9-10,12-14H2,1H3. The first-order valence-corrected chi connectivity index (χ1v) is 6.71. The first-order chi connectivity index (χ1) is 7.88. The SMILES string of the molecule is C=CCN1CCCCC1C#CCCCCC. The molecule has 0 spiro atoms. The molecule has 1 unspecified atom stereocenters. The molecule has 1 saturated heterocycles. The Hall–Kier alpha value is -0.740. The molecular weight excluding hydrogens is 194 g/mol. The second-order valence-corrected chi connectivity index (χ2v) is 4.57. The van der Waals surface area contributed by atoms with Crippen LogP contribution in [0.2, 0.25) is 0 Å². The van der Waals surface area contributed by atoms with Crippen molar-refractivity contribution in [3.05, 3.63) is 12.7 Å². The monoisotopic (exact) mass is 219 g/mol. The summed E-state index contributed by atoms with van der Waals surface area (Å²) in [4.78, 5) is 2.46. The van der Waals surface area contributed by atoms with E-state index in [1.54, 1.807) is 0 Å². The average molecular weight is 219 g/mol. The highest BCUT2D eigenvalue weighted by Gasteiger charge is 2.18. The quantitative estimate of drug-likeness (QED) is 0.388. The van der Waals surface area contributed by atoms with Gasteiger partial charge >= 0.3 is 0 Å². The highest BCUT2D eigenvalue weighted by Crippen LogP contribution is 2.16. The van der Waals surface area contributed by atoms with Crippen LogP contribution >= 0.6 is 0 Å². The third kappa shape index (κ3) is 4.86. The Morgan fingerprint density at radius 3 is 3.00 bits per heavy atom. The normalized spacial score (nSPS) is 21.2. The van der Waals surface area contributed by atoms with Crippen LogP contribution in [-0.2, 0) is 0 Å². The first-order valence-electron chi connectivity index (χ1n) is 6.71. The van der Waals surface area contributed by atoms with Crippen LogP contribution in [0, 0.1) is 11.8 Å². The van der Waals surface area contributed by atoms with Gasteiger partial charge in [-0.25, -0.2) is 0 Å². The lowest BCUT2D eigenvalue weighted by molar-refractivity contribution is 0.206. The minimum Gasteiger partial charge on any atom is -0.286 e. The molecular formula is C15H25N. The van der Waals surface area contributed by atoms with Crippen molar-refractivity contribution >= 4 is 0 Å². The molecule has 16 heavy (non-hydrogen) atoms. The van der Waals surface area contributed by atoms with Crippen molar-refractivity contribution in [2.24, 2.45) is 0 Å². The topological polar surface area (TPSA) is 3.24 Å². The number of rotatable bonds is 5. The van der Waals surface area contributed by atoms with E-state index in [1.807, 2.05) is 6.08 Å². The zero-order valence-electron chi connectivity index (χ0n) is 10.7. The summed E-state index contributed by atoms with van der Waals surface area (Å²) >= 11 is 0. The van der Waals surface area contributed by atoms with E-state index in [-0.39, 0.29) is 0 Å². The largest absolute Gasteiger partial charge is 0.286 e. The lowest BCUT2D eigenvalue weighted by Crippen LogP contribution is -2.38. The van der Waals surface area contributed by atoms with Crippen LogP contribution in [0.5, 0.6) is 0 Å². The van der Waals surface area contributed by atoms with Crippen molar-refractivity contribution in [1.29, 1.82) is 0 Å². The summed E-state index contributed by atoms with van der Waals surface area (Å²) in [5.74, 6) is 6.80. The maximum Gasteiger partial charge on any atom is 0.0717 e. The molecule has 0 N–H and O–H groups in total. The number of hydrogen-bond donors (Lipinski definition) is 0. The number of likely N-dealkylation sites (tertiary alicyclic amines) is 1. The molecule has 1 fully saturated rings. The van der Waals surface area contributed by atoms with Crippen LogP contribution in [-0.4, -0.2) is 24.0 Å². The Labute approximate surface area is 101 Å². The van der Waals surface area contributed by atoms with Crippen molar-refractivity contribution in [2.45, 2.75) is 57.9 Å². The third-order valence-electron chi connectivity index (χ3n) is 3.15. The van der Waals surface area contributed by atoms with Crippen LogP contribution in [0.15, 0.2) is 12.7 Å². The second kappa shape index (κ2) is 8.42. The fourth-order valence-corrected chi connectivity index (χ4v) is 2.19. The zero-order valence-corrected chi connectivity index (χ0v) is 10.7. The van der Waals surface area contributed by atoms with E-state index >= 15 is 0 Å². The molecule has 1 aliphatic heterocycles. The van der Waals surface area contributed by atoms with Crippen LogP contribution in [0.4, 0.5) is 0 Å². The summed E-state index contributed by atoms with van der Waals surface area (Å²) in [7, 11) is 0. The Morgan fingerprint density at radius 1 is 1.38 bits per heavy atom. The van der Waals surface area contributed by atoms with Gasteiger partial charge in [0, 0.05) is 13.0 Å². The van der Waals surface area contributed by atoms with Gasteiger partial charge in [-0.15, -0.1) is 12.5 Å². The molecule has 0 bridgehead atoms. The van der Waals surface area contributed by atoms with Crippen LogP contribution < -0.4 is 0 Å². The minimum atomic E-state index is 0.494. The Bertz CT molecular complexity index is 246. The van der Waals surface area contributed by atoms with E-state index in [4.69, 9.17) is 0 Å². The Kier molecular flexibility index (Phi) is 7.01. The summed E-state index contributed by atoms with van der Waals surface area (Å²) in [5, 5.41) is 0. The highest BCUT2D eigenvalue weighted by atomic mass is 15.1. The van der Waals surface area contributed by atoms with Gasteiger partial charge in [0.2, 0.25) is 0 Å². The predicted molar refractivity (Wildman–Crippen MR) is 71.3 cm³/mol. The summed E-state index contributed by atoms with van der Waals surface area (Å²) in [6, 6.07) is 0.494. The average Bonchev–Trinajstić information content (AvgIpc) is 2.31. The number of hydrogen-bond acceptors (Lipinski definition) is 1. The predicted octanol–water partition coefficient (Wildman–Crippen LogP) is 3.61. The molecule has 1 nitrogen and oxygen atoms in total. The van der Waals surface area contributed by atoms with Gasteiger partial charge in [0.15, 0.2) is 0 Å². The smallest absolute Gasteiger partial charge is 0.0717 e. The lowest BCUT2D eigenvalue weighted by Gasteiger charge is -2.31. The Balaban J connectivity index is 2.33. The van der Waals surface area contributed by atoms with Crippen molar-refractivity contribution in [3.63, 3.8) is 0 Å². The van der Waals surface area contributed by atoms with Gasteiger partial charge in [0.05, 0.1) is 6.04 Å². The molecule has 1 heteroatoms. The fraction of sp³-hybridized carbons (Fsp3) is 0.733. The summed E-state index contributed by atoms with van der Waals surface area (Å²) in [6.07, 6.45) is 10.8. The van der Waals surface area contributed by atoms with Crippen LogP contribution in [0.3, 0.4) is 0 Å². The van der Waals surface area contributed by atoms with E-state index in [0.29, 0.717) is 6.04 Å². The molecule has 0 aromatic rings. The van der Waals surface area contributed by atoms with Crippen molar-refractivity contribution in [2.75, 3.05) is 13.1 Å². The van der Waals surface area contributed by atoms with Gasteiger partial charge in [-0.2, -0.15) is 0 Å². The molecule has 0 amide bonds. The number of piperidine rings is 1. The summed E-state index contributed by atoms with van der Waals surface area (Å²) < 4.78 is 0. The van der Waals surface area contributed by atoms with Crippen molar-refractivity contribution < 1.29 is 0 Å². The fourth-order valence-electron chi connectivity index (χ4n) is 2.19. The van der Waals surface area contributed by atoms with Crippen LogP contribution in [0.1, 0.15) is 51.9 Å². The lowest BCUT2D eigenvalue weighted by atomic mass is 10.0. The molecule has 1 rings (SSSR count). The number of nitrogens with zero attached hydrogens (tertiary/aromatic N) is 1. The van der Waals surface area contributed by atoms with Crippen molar-refractivity contribution in [3.8, 4) is 11.8 Å². The zero-order chi connectivity index (χ0) is 11.6. The van der Waals surface area contributed by atoms with Gasteiger partial charge in [-0.05, 0) is 32.2 Å². The molecule has 1 aliphatic rings. The molecule has 0 radical (unpaired) electrons. The number of unbranched alkanes of at least 4 members (excludes halogenated alkanes) is 3. The first kappa shape index (κ1) is 13.3. The molecule has 1 heterocycles. The van der Waals surface area contributed by atoms with E-state index in [1.165, 1.54) is 45.1 Å². The molecule has 0 aromatic heterocycles. The summed E-state index contributed by atoms with van der Waals surface area (Å²) in [6.45, 7) is 8.25. The van der Waals surface area contributed by atoms with Gasteiger partial charge in [0.25, 0.3) is 0 Å². The van der Waals surface area contributed by atoms with Crippen LogP contribution in [0.25, 0.3) is 0 Å². The molecule has 0 aliphatic carbocycles. The third-order valence-corrected chi connectivity index (χ3v) is 3.15. The van der Waals surface area contributed by atoms with Gasteiger partial charge in [-0.3, -0.25) is 4.90 Å². The highest BCUT2D eigenvalue weighted by molar-refractivity contribution is 5.09. The maximum atomic E-state index is 3.82. The molecule has 90 valence electrons. The van der Waals surface area contributed by atoms with E-state index in [9.17, 15) is 0 Å². The second-order valence-electron chi connectivity index (χ2n) is 4.57. The van der Waals surface area contributed by atoms with E-state index in [2.05, 4.69) is 30.2 Å². The summed E-state index contributed by atoms with van der Waals surface area (Å²) in [5.41, 5.74) is 0. The molecule has 0 saturated carbocycles. The van der Waals surface area contributed by atoms with Gasteiger partial charge < -0.3 is 0 Å². The van der Waals surface area contributed by atoms with E-state index < -0.39 is 0 Å². The van der Waals surface area contributed by atoms with Gasteiger partial charge in [0.1, 0.15) is 0 Å². The molecule has 1 atom stereocenters. The van der Waals surface area contributed by atoms with Crippen molar-refractivity contribution in [1.82, 2.24) is 4.90 Å². The van der Waals surface area contributed by atoms with E-state index in [0.717, 1.165) is 13.0 Å². The van der Waals surface area contributed by atoms with Gasteiger partial charge in [-0.1, -0.05) is 31.8 Å². The maximum absolute atomic E-state index is 3.82. The Morgan fingerprint density at radius 2 is 2.25 bits per heavy atom. The minimum absolute atomic E-state index is 0.494. The molecule has 0 aromatic carbocycles.